The number of anilines is 2. The highest BCUT2D eigenvalue weighted by Crippen LogP contribution is 2.36. The number of pyridine rings is 1. The fraction of sp³-hybridized carbons (Fsp3) is 0.103. The zero-order valence-corrected chi connectivity index (χ0v) is 23.0. The average molecular weight is 585 g/mol. The zero-order chi connectivity index (χ0) is 29.4. The number of carbonyl (C=O) groups excluding carboxylic acids is 2. The number of halogens is 2. The Hall–Kier alpha value is -5.36. The van der Waals surface area contributed by atoms with Crippen LogP contribution in [0.5, 0.6) is 0 Å². The van der Waals surface area contributed by atoms with Gasteiger partial charge in [0.1, 0.15) is 23.2 Å². The van der Waals surface area contributed by atoms with Crippen LogP contribution in [0.15, 0.2) is 93.9 Å². The molecule has 4 heterocycles. The number of aromatic nitrogens is 4. The second kappa shape index (κ2) is 10.9. The molecule has 0 fully saturated rings. The summed E-state index contributed by atoms with van der Waals surface area (Å²) in [5, 5.41) is 13.4. The summed E-state index contributed by atoms with van der Waals surface area (Å²) in [6, 6.07) is 13.4. The third-order valence-electron chi connectivity index (χ3n) is 6.52. The number of oxazole rings is 1. The molecule has 210 valence electrons. The minimum atomic E-state index is -0.870. The molecule has 1 unspecified atom stereocenters. The van der Waals surface area contributed by atoms with Crippen molar-refractivity contribution >= 4 is 52.2 Å². The number of guanidine groups is 1. The minimum Gasteiger partial charge on any atom is -0.423 e. The fourth-order valence-corrected chi connectivity index (χ4v) is 4.79. The summed E-state index contributed by atoms with van der Waals surface area (Å²) < 4.78 is 21.0. The molecule has 2 aromatic carbocycles. The van der Waals surface area contributed by atoms with Gasteiger partial charge in [0.2, 0.25) is 5.96 Å². The maximum Gasteiger partial charge on any atom is 0.302 e. The van der Waals surface area contributed by atoms with Gasteiger partial charge in [-0.3, -0.25) is 14.9 Å². The molecular weight excluding hydrogens is 563 g/mol. The van der Waals surface area contributed by atoms with Crippen molar-refractivity contribution < 1.29 is 18.4 Å². The lowest BCUT2D eigenvalue weighted by Gasteiger charge is -2.27. The van der Waals surface area contributed by atoms with Gasteiger partial charge in [-0.25, -0.2) is 19.0 Å². The maximum absolute atomic E-state index is 13.7. The molecule has 6 rings (SSSR count). The Labute approximate surface area is 243 Å². The third-order valence-corrected chi connectivity index (χ3v) is 6.84. The van der Waals surface area contributed by atoms with E-state index < -0.39 is 17.8 Å². The first-order chi connectivity index (χ1) is 20.2. The van der Waals surface area contributed by atoms with E-state index >= 15 is 0 Å². The van der Waals surface area contributed by atoms with Crippen LogP contribution in [0.3, 0.4) is 0 Å². The van der Waals surface area contributed by atoms with E-state index in [9.17, 15) is 14.0 Å². The van der Waals surface area contributed by atoms with Crippen LogP contribution in [0.4, 0.5) is 16.2 Å². The monoisotopic (exact) mass is 584 g/mol. The standard InChI is InChI=1S/C29H22ClFN8O3/c1-15-25(27(41)36-24-12-17(16(2)40)8-10-32-24)26(20-6-5-19(14-21(20)30)39-11-3-9-33-39)37-28(34-15)38-29-35-22-7-4-18(31)13-23(22)42-29/h3-14,26H,1-2H3,(H,32,36,41)(H2,34,35,37,38). The predicted molar refractivity (Wildman–Crippen MR) is 155 cm³/mol. The summed E-state index contributed by atoms with van der Waals surface area (Å²) in [6.07, 6.45) is 4.88. The molecule has 5 aromatic rings. The van der Waals surface area contributed by atoms with Gasteiger partial charge >= 0.3 is 6.01 Å². The molecule has 0 saturated heterocycles. The first-order valence-corrected chi connectivity index (χ1v) is 13.1. The summed E-state index contributed by atoms with van der Waals surface area (Å²) in [7, 11) is 0. The number of aliphatic imine (C=N–C) groups is 1. The SMILES string of the molecule is CC(=O)c1ccnc(NC(=O)C2=C(C)NC(Nc3nc4ccc(F)cc4o3)=NC2c2ccc(-n3cccn3)cc2Cl)c1. The number of allylic oxidation sites excluding steroid dienone is 1. The van der Waals surface area contributed by atoms with Gasteiger partial charge in [-0.05, 0) is 56.3 Å². The van der Waals surface area contributed by atoms with Gasteiger partial charge in [-0.1, -0.05) is 17.7 Å². The number of hydrogen-bond donors (Lipinski definition) is 3. The second-order valence-corrected chi connectivity index (χ2v) is 9.80. The number of Topliss-reactive ketones (excluding diaryl/α,β-unsaturated/α-hetero) is 1. The molecule has 0 aliphatic carbocycles. The van der Waals surface area contributed by atoms with Gasteiger partial charge in [-0.2, -0.15) is 10.1 Å². The Kier molecular flexibility index (Phi) is 6.97. The van der Waals surface area contributed by atoms with E-state index in [2.05, 4.69) is 31.0 Å². The van der Waals surface area contributed by atoms with Gasteiger partial charge in [-0.15, -0.1) is 0 Å². The Balaban J connectivity index is 1.37. The molecule has 3 aromatic heterocycles. The number of ketones is 1. The predicted octanol–water partition coefficient (Wildman–Crippen LogP) is 5.43. The molecule has 11 nitrogen and oxygen atoms in total. The van der Waals surface area contributed by atoms with Crippen molar-refractivity contribution in [1.29, 1.82) is 0 Å². The normalized spacial score (nSPS) is 14.9. The Morgan fingerprint density at radius 1 is 1.12 bits per heavy atom. The van der Waals surface area contributed by atoms with Crippen LogP contribution in [-0.2, 0) is 4.79 Å². The topological polar surface area (TPSA) is 139 Å². The molecule has 0 spiro atoms. The Morgan fingerprint density at radius 3 is 2.74 bits per heavy atom. The highest BCUT2D eigenvalue weighted by Gasteiger charge is 2.31. The first-order valence-electron chi connectivity index (χ1n) is 12.7. The molecule has 42 heavy (non-hydrogen) atoms. The van der Waals surface area contributed by atoms with Gasteiger partial charge in [0.05, 0.1) is 11.3 Å². The second-order valence-electron chi connectivity index (χ2n) is 9.40. The molecule has 0 bridgehead atoms. The van der Waals surface area contributed by atoms with Crippen LogP contribution in [0.25, 0.3) is 16.8 Å². The largest absolute Gasteiger partial charge is 0.423 e. The van der Waals surface area contributed by atoms with Crippen molar-refractivity contribution in [2.24, 2.45) is 4.99 Å². The molecule has 3 N–H and O–H groups in total. The highest BCUT2D eigenvalue weighted by atomic mass is 35.5. The number of nitrogens with zero attached hydrogens (tertiary/aromatic N) is 5. The van der Waals surface area contributed by atoms with Crippen LogP contribution in [0.1, 0.15) is 35.8 Å². The van der Waals surface area contributed by atoms with Crippen LogP contribution in [0, 0.1) is 5.82 Å². The number of hydrogen-bond acceptors (Lipinski definition) is 9. The van der Waals surface area contributed by atoms with E-state index in [1.807, 2.05) is 6.07 Å². The van der Waals surface area contributed by atoms with Crippen LogP contribution < -0.4 is 16.0 Å². The van der Waals surface area contributed by atoms with Crippen molar-refractivity contribution in [3.63, 3.8) is 0 Å². The molecule has 0 saturated carbocycles. The lowest BCUT2D eigenvalue weighted by Crippen LogP contribution is -2.37. The van der Waals surface area contributed by atoms with Crippen molar-refractivity contribution in [2.45, 2.75) is 19.9 Å². The lowest BCUT2D eigenvalue weighted by atomic mass is 9.95. The fourth-order valence-electron chi connectivity index (χ4n) is 4.52. The minimum absolute atomic E-state index is 0.0756. The summed E-state index contributed by atoms with van der Waals surface area (Å²) in [6.45, 7) is 3.14. The molecule has 0 radical (unpaired) electrons. The number of amides is 1. The highest BCUT2D eigenvalue weighted by molar-refractivity contribution is 6.31. The molecule has 1 aliphatic rings. The zero-order valence-electron chi connectivity index (χ0n) is 22.2. The average Bonchev–Trinajstić information content (AvgIpc) is 3.62. The number of fused-ring (bicyclic) bond motifs is 1. The molecular formula is C29H22ClFN8O3. The number of nitrogens with one attached hydrogen (secondary N) is 3. The van der Waals surface area contributed by atoms with E-state index in [0.717, 1.165) is 5.69 Å². The summed E-state index contributed by atoms with van der Waals surface area (Å²) >= 11 is 6.77. The number of benzene rings is 2. The van der Waals surface area contributed by atoms with E-state index in [1.165, 1.54) is 37.4 Å². The van der Waals surface area contributed by atoms with Crippen LogP contribution >= 0.6 is 11.6 Å². The van der Waals surface area contributed by atoms with Crippen molar-refractivity contribution in [3.8, 4) is 5.69 Å². The van der Waals surface area contributed by atoms with Crippen molar-refractivity contribution in [3.05, 3.63) is 106 Å². The van der Waals surface area contributed by atoms with E-state index in [0.29, 0.717) is 27.4 Å². The van der Waals surface area contributed by atoms with Crippen LogP contribution in [0.2, 0.25) is 5.02 Å². The first kappa shape index (κ1) is 26.8. The third kappa shape index (κ3) is 5.34. The van der Waals surface area contributed by atoms with Gasteiger partial charge in [0.15, 0.2) is 11.4 Å². The van der Waals surface area contributed by atoms with E-state index in [-0.39, 0.29) is 34.7 Å². The Bertz CT molecular complexity index is 1920. The summed E-state index contributed by atoms with van der Waals surface area (Å²) in [5.41, 5.74) is 3.12. The van der Waals surface area contributed by atoms with Crippen molar-refractivity contribution in [2.75, 3.05) is 10.6 Å². The smallest absolute Gasteiger partial charge is 0.302 e. The quantitative estimate of drug-likeness (QED) is 0.225. The van der Waals surface area contributed by atoms with E-state index in [1.54, 1.807) is 48.3 Å². The molecule has 1 amide bonds. The Morgan fingerprint density at radius 2 is 1.98 bits per heavy atom. The summed E-state index contributed by atoms with van der Waals surface area (Å²) in [5.74, 6) is -0.676. The van der Waals surface area contributed by atoms with E-state index in [4.69, 9.17) is 21.0 Å². The maximum atomic E-state index is 13.7. The number of rotatable bonds is 6. The van der Waals surface area contributed by atoms with Crippen LogP contribution in [-0.4, -0.2) is 37.4 Å². The lowest BCUT2D eigenvalue weighted by molar-refractivity contribution is -0.113. The van der Waals surface area contributed by atoms with Gasteiger partial charge in [0, 0.05) is 46.5 Å². The molecule has 1 atom stereocenters. The molecule has 1 aliphatic heterocycles. The number of carbonyl (C=O) groups is 2. The molecule has 13 heteroatoms. The summed E-state index contributed by atoms with van der Waals surface area (Å²) in [4.78, 5) is 38.8. The van der Waals surface area contributed by atoms with Crippen molar-refractivity contribution in [1.82, 2.24) is 25.1 Å². The van der Waals surface area contributed by atoms with Gasteiger partial charge < -0.3 is 15.1 Å². The van der Waals surface area contributed by atoms with Gasteiger partial charge in [0.25, 0.3) is 5.91 Å².